The molecule has 2 saturated carbocycles. The molecule has 260 valence electrons. The van der Waals surface area contributed by atoms with E-state index in [2.05, 4.69) is 16.0 Å². The highest BCUT2D eigenvalue weighted by molar-refractivity contribution is 6.37. The fourth-order valence-electron chi connectivity index (χ4n) is 6.65. The Hall–Kier alpha value is -3.18. The summed E-state index contributed by atoms with van der Waals surface area (Å²) in [7, 11) is 0. The van der Waals surface area contributed by atoms with Gasteiger partial charge < -0.3 is 31.3 Å². The zero-order chi connectivity index (χ0) is 35.2. The maximum absolute atomic E-state index is 14.3. The highest BCUT2D eigenvalue weighted by atomic mass is 16.5. The minimum atomic E-state index is -1.10. The lowest BCUT2D eigenvalue weighted by Gasteiger charge is -2.38. The average molecular weight is 648 g/mol. The van der Waals surface area contributed by atoms with Crippen molar-refractivity contribution < 1.29 is 33.5 Å². The SMILES string of the molecule is CC(C)(C)COC(=O)[C@H](NC(=O)N[C@H](C(=O)N1C[C@H]2[C@@H]([C@H]1C(=O)NC(CC1CCC1)C(=O)C(N)=O)C2(C)C)C(C)(C)C)C(C)(C)C. The Bertz CT molecular complexity index is 1220. The van der Waals surface area contributed by atoms with Crippen LogP contribution in [0.15, 0.2) is 0 Å². The maximum Gasteiger partial charge on any atom is 0.329 e. The Morgan fingerprint density at radius 3 is 1.87 bits per heavy atom. The Morgan fingerprint density at radius 1 is 0.870 bits per heavy atom. The third-order valence-electron chi connectivity index (χ3n) is 9.84. The molecule has 1 unspecified atom stereocenters. The molecular formula is C34H57N5O7. The van der Waals surface area contributed by atoms with Crippen molar-refractivity contribution in [2.24, 2.45) is 45.1 Å². The number of likely N-dealkylation sites (tertiary alicyclic amines) is 1. The summed E-state index contributed by atoms with van der Waals surface area (Å²) >= 11 is 0. The summed E-state index contributed by atoms with van der Waals surface area (Å²) in [6, 6.07) is -4.68. The fourth-order valence-corrected chi connectivity index (χ4v) is 6.65. The summed E-state index contributed by atoms with van der Waals surface area (Å²) in [5, 5.41) is 8.30. The minimum Gasteiger partial charge on any atom is -0.464 e. The Morgan fingerprint density at radius 2 is 1.41 bits per heavy atom. The number of esters is 1. The number of ether oxygens (including phenoxy) is 1. The standard InChI is InChI=1S/C34H57N5O7/c1-31(2,3)17-46-29(44)25(33(7,8)9)38-30(45)37-24(32(4,5)6)28(43)39-16-19-21(34(19,10)11)22(39)27(42)36-20(23(40)26(35)41)15-18-13-12-14-18/h18-22,24-25H,12-17H2,1-11H3,(H2,35,41)(H,36,42)(H2,37,38,45)/t19-,20?,21-,22-,24+,25-/m0/s1. The molecule has 46 heavy (non-hydrogen) atoms. The van der Waals surface area contributed by atoms with Gasteiger partial charge in [0.1, 0.15) is 18.1 Å². The van der Waals surface area contributed by atoms with Crippen LogP contribution in [0.2, 0.25) is 0 Å². The first-order valence-electron chi connectivity index (χ1n) is 16.5. The monoisotopic (exact) mass is 647 g/mol. The Kier molecular flexibility index (Phi) is 10.6. The van der Waals surface area contributed by atoms with Gasteiger partial charge in [0.2, 0.25) is 17.6 Å². The number of hydrogen-bond acceptors (Lipinski definition) is 7. The van der Waals surface area contributed by atoms with E-state index in [-0.39, 0.29) is 35.2 Å². The van der Waals surface area contributed by atoms with Gasteiger partial charge in [-0.3, -0.25) is 19.2 Å². The first kappa shape index (κ1) is 37.3. The molecule has 1 aliphatic heterocycles. The van der Waals surface area contributed by atoms with E-state index in [9.17, 15) is 28.8 Å². The molecule has 0 spiro atoms. The molecule has 0 bridgehead atoms. The van der Waals surface area contributed by atoms with E-state index < -0.39 is 70.5 Å². The number of urea groups is 1. The lowest BCUT2D eigenvalue weighted by Crippen LogP contribution is -2.62. The van der Waals surface area contributed by atoms with Crippen molar-refractivity contribution >= 4 is 35.5 Å². The molecule has 12 nitrogen and oxygen atoms in total. The number of primary amides is 1. The van der Waals surface area contributed by atoms with Crippen molar-refractivity contribution in [1.82, 2.24) is 20.9 Å². The number of nitrogens with two attached hydrogens (primary N) is 1. The third kappa shape index (κ3) is 8.59. The van der Waals surface area contributed by atoms with Gasteiger partial charge in [-0.1, -0.05) is 95.4 Å². The van der Waals surface area contributed by atoms with Crippen LogP contribution in [0.3, 0.4) is 0 Å². The second-order valence-corrected chi connectivity index (χ2v) is 17.6. The van der Waals surface area contributed by atoms with Crippen molar-refractivity contribution in [3.8, 4) is 0 Å². The summed E-state index contributed by atoms with van der Waals surface area (Å²) in [6.45, 7) is 21.3. The van der Waals surface area contributed by atoms with Gasteiger partial charge in [-0.2, -0.15) is 0 Å². The molecule has 0 aromatic heterocycles. The molecule has 5 amide bonds. The number of piperidine rings is 1. The number of nitrogens with one attached hydrogen (secondary N) is 3. The molecular weight excluding hydrogens is 590 g/mol. The molecule has 5 N–H and O–H groups in total. The summed E-state index contributed by atoms with van der Waals surface area (Å²) in [6.07, 6.45) is 3.18. The molecule has 0 radical (unpaired) electrons. The lowest BCUT2D eigenvalue weighted by molar-refractivity contribution is -0.151. The number of amides is 5. The van der Waals surface area contributed by atoms with Crippen molar-refractivity contribution in [2.45, 2.75) is 126 Å². The Balaban J connectivity index is 1.82. The van der Waals surface area contributed by atoms with E-state index in [0.717, 1.165) is 19.3 Å². The van der Waals surface area contributed by atoms with Crippen molar-refractivity contribution in [2.75, 3.05) is 13.2 Å². The first-order valence-corrected chi connectivity index (χ1v) is 16.5. The van der Waals surface area contributed by atoms with Crippen LogP contribution in [0.5, 0.6) is 0 Å². The van der Waals surface area contributed by atoms with Gasteiger partial charge in [0.25, 0.3) is 5.91 Å². The van der Waals surface area contributed by atoms with Crippen LogP contribution >= 0.6 is 0 Å². The van der Waals surface area contributed by atoms with Crippen LogP contribution < -0.4 is 21.7 Å². The van der Waals surface area contributed by atoms with Crippen LogP contribution in [-0.2, 0) is 28.7 Å². The van der Waals surface area contributed by atoms with Gasteiger partial charge in [0, 0.05) is 6.54 Å². The quantitative estimate of drug-likeness (QED) is 0.197. The highest BCUT2D eigenvalue weighted by Crippen LogP contribution is 2.65. The molecule has 1 heterocycles. The minimum absolute atomic E-state index is 0.0569. The van der Waals surface area contributed by atoms with Crippen molar-refractivity contribution in [1.29, 1.82) is 0 Å². The van der Waals surface area contributed by atoms with Crippen LogP contribution in [0.4, 0.5) is 4.79 Å². The average Bonchev–Trinajstić information content (AvgIpc) is 3.19. The van der Waals surface area contributed by atoms with Gasteiger partial charge in [0.05, 0.1) is 12.6 Å². The van der Waals surface area contributed by atoms with Crippen LogP contribution in [0, 0.1) is 39.4 Å². The van der Waals surface area contributed by atoms with E-state index in [1.807, 2.05) is 76.2 Å². The number of rotatable bonds is 11. The summed E-state index contributed by atoms with van der Waals surface area (Å²) in [5.41, 5.74) is 3.41. The number of Topliss-reactive ketones (excluding diaryl/α,β-unsaturated/α-hetero) is 1. The maximum atomic E-state index is 14.3. The highest BCUT2D eigenvalue weighted by Gasteiger charge is 2.70. The van der Waals surface area contributed by atoms with E-state index in [4.69, 9.17) is 10.5 Å². The Labute approximate surface area is 274 Å². The van der Waals surface area contributed by atoms with E-state index in [1.165, 1.54) is 4.90 Å². The second-order valence-electron chi connectivity index (χ2n) is 17.6. The largest absolute Gasteiger partial charge is 0.464 e. The van der Waals surface area contributed by atoms with Crippen LogP contribution in [0.25, 0.3) is 0 Å². The van der Waals surface area contributed by atoms with Gasteiger partial charge >= 0.3 is 12.0 Å². The lowest BCUT2D eigenvalue weighted by atomic mass is 9.80. The number of carbonyl (C=O) groups is 6. The molecule has 0 aromatic rings. The van der Waals surface area contributed by atoms with E-state index >= 15 is 0 Å². The molecule has 12 heteroatoms. The van der Waals surface area contributed by atoms with Crippen molar-refractivity contribution in [3.63, 3.8) is 0 Å². The van der Waals surface area contributed by atoms with Crippen molar-refractivity contribution in [3.05, 3.63) is 0 Å². The molecule has 3 rings (SSSR count). The number of fused-ring (bicyclic) bond motifs is 1. The van der Waals surface area contributed by atoms with E-state index in [1.54, 1.807) is 0 Å². The van der Waals surface area contributed by atoms with Crippen LogP contribution in [-0.4, -0.2) is 77.7 Å². The van der Waals surface area contributed by atoms with Gasteiger partial charge in [-0.15, -0.1) is 0 Å². The predicted octanol–water partition coefficient (Wildman–Crippen LogP) is 2.92. The second kappa shape index (κ2) is 13.1. The molecule has 1 saturated heterocycles. The van der Waals surface area contributed by atoms with Gasteiger partial charge in [-0.05, 0) is 45.8 Å². The summed E-state index contributed by atoms with van der Waals surface area (Å²) < 4.78 is 5.52. The van der Waals surface area contributed by atoms with E-state index in [0.29, 0.717) is 13.0 Å². The zero-order valence-electron chi connectivity index (χ0n) is 29.7. The first-order chi connectivity index (χ1) is 20.9. The zero-order valence-corrected chi connectivity index (χ0v) is 29.7. The molecule has 3 aliphatic rings. The number of carbonyl (C=O) groups excluding carboxylic acids is 6. The molecule has 6 atom stereocenters. The number of nitrogens with zero attached hydrogens (tertiary/aromatic N) is 1. The molecule has 2 aliphatic carbocycles. The molecule has 0 aromatic carbocycles. The fraction of sp³-hybridized carbons (Fsp3) is 0.824. The smallest absolute Gasteiger partial charge is 0.329 e. The summed E-state index contributed by atoms with van der Waals surface area (Å²) in [4.78, 5) is 80.7. The summed E-state index contributed by atoms with van der Waals surface area (Å²) in [5.74, 6) is -3.34. The van der Waals surface area contributed by atoms with Gasteiger partial charge in [-0.25, -0.2) is 9.59 Å². The van der Waals surface area contributed by atoms with Gasteiger partial charge in [0.15, 0.2) is 0 Å². The number of ketones is 1. The number of hydrogen-bond donors (Lipinski definition) is 4. The predicted molar refractivity (Wildman–Crippen MR) is 173 cm³/mol. The third-order valence-corrected chi connectivity index (χ3v) is 9.84. The molecule has 3 fully saturated rings. The topological polar surface area (TPSA) is 177 Å². The normalized spacial score (nSPS) is 24.4. The van der Waals surface area contributed by atoms with Crippen LogP contribution in [0.1, 0.15) is 102 Å².